The first-order valence-corrected chi connectivity index (χ1v) is 5.22. The number of carboxylic acid groups (broad SMARTS) is 1. The minimum Gasteiger partial charge on any atom is -0.477 e. The fraction of sp³-hybridized carbons (Fsp3) is 0.0769. The number of halogens is 1. The molecule has 0 aliphatic heterocycles. The van der Waals surface area contributed by atoms with Gasteiger partial charge in [0.25, 0.3) is 0 Å². The average molecular weight is 247 g/mol. The van der Waals surface area contributed by atoms with Crippen molar-refractivity contribution in [3.63, 3.8) is 0 Å². The van der Waals surface area contributed by atoms with Gasteiger partial charge in [-0.05, 0) is 25.1 Å². The number of ketones is 1. The molecule has 1 aromatic heterocycles. The molecule has 0 unspecified atom stereocenters. The molecule has 0 spiro atoms. The number of rotatable bonds is 3. The van der Waals surface area contributed by atoms with Gasteiger partial charge in [-0.1, -0.05) is 12.1 Å². The van der Waals surface area contributed by atoms with Gasteiger partial charge in [0, 0.05) is 11.8 Å². The Morgan fingerprint density at radius 2 is 1.94 bits per heavy atom. The van der Waals surface area contributed by atoms with Crippen LogP contribution >= 0.6 is 0 Å². The first kappa shape index (κ1) is 12.0. The predicted molar refractivity (Wildman–Crippen MR) is 62.7 cm³/mol. The molecule has 0 amide bonds. The van der Waals surface area contributed by atoms with Gasteiger partial charge in [-0.2, -0.15) is 0 Å². The zero-order valence-electron chi connectivity index (χ0n) is 9.55. The molecule has 2 aromatic rings. The molecule has 0 bridgehead atoms. The highest BCUT2D eigenvalue weighted by atomic mass is 19.1. The zero-order chi connectivity index (χ0) is 13.3. The van der Waals surface area contributed by atoms with Crippen molar-refractivity contribution in [3.8, 4) is 5.69 Å². The van der Waals surface area contributed by atoms with Crippen molar-refractivity contribution in [2.75, 3.05) is 0 Å². The fourth-order valence-electron chi connectivity index (χ4n) is 1.67. The van der Waals surface area contributed by atoms with Crippen molar-refractivity contribution in [2.45, 2.75) is 6.92 Å². The van der Waals surface area contributed by atoms with E-state index in [4.69, 9.17) is 5.11 Å². The minimum absolute atomic E-state index is 0.0994. The van der Waals surface area contributed by atoms with Crippen molar-refractivity contribution < 1.29 is 19.1 Å². The van der Waals surface area contributed by atoms with Crippen LogP contribution in [0.3, 0.4) is 0 Å². The number of carboxylic acids is 1. The van der Waals surface area contributed by atoms with Gasteiger partial charge >= 0.3 is 5.97 Å². The van der Waals surface area contributed by atoms with E-state index < -0.39 is 11.8 Å². The molecule has 0 radical (unpaired) electrons. The molecule has 1 N–H and O–H groups in total. The molecule has 2 rings (SSSR count). The molecule has 0 aliphatic carbocycles. The minimum atomic E-state index is -1.22. The van der Waals surface area contributed by atoms with Gasteiger partial charge in [0.1, 0.15) is 11.5 Å². The maximum Gasteiger partial charge on any atom is 0.352 e. The predicted octanol–water partition coefficient (Wildman–Crippen LogP) is 2.52. The lowest BCUT2D eigenvalue weighted by Crippen LogP contribution is -2.06. The lowest BCUT2D eigenvalue weighted by atomic mass is 10.2. The summed E-state index contributed by atoms with van der Waals surface area (Å²) in [4.78, 5) is 22.3. The van der Waals surface area contributed by atoms with Crippen molar-refractivity contribution in [3.05, 3.63) is 53.6 Å². The van der Waals surface area contributed by atoms with Crippen LogP contribution in [0, 0.1) is 5.82 Å². The normalized spacial score (nSPS) is 10.3. The second-order valence-electron chi connectivity index (χ2n) is 3.80. The van der Waals surface area contributed by atoms with Gasteiger partial charge in [0.15, 0.2) is 5.78 Å². The Kier molecular flexibility index (Phi) is 2.97. The van der Waals surface area contributed by atoms with Crippen LogP contribution in [0.4, 0.5) is 4.39 Å². The summed E-state index contributed by atoms with van der Waals surface area (Å²) >= 11 is 0. The van der Waals surface area contributed by atoms with E-state index in [1.54, 1.807) is 6.07 Å². The second-order valence-corrected chi connectivity index (χ2v) is 3.80. The van der Waals surface area contributed by atoms with Gasteiger partial charge in [-0.25, -0.2) is 9.18 Å². The van der Waals surface area contributed by atoms with Gasteiger partial charge in [-0.3, -0.25) is 4.79 Å². The smallest absolute Gasteiger partial charge is 0.352 e. The number of carbonyl (C=O) groups excluding carboxylic acids is 1. The number of nitrogens with zero attached hydrogens (tertiary/aromatic N) is 1. The van der Waals surface area contributed by atoms with Crippen LogP contribution in [0.1, 0.15) is 27.8 Å². The Bertz CT molecular complexity index is 631. The lowest BCUT2D eigenvalue weighted by molar-refractivity contribution is 0.0688. The molecular formula is C13H10FNO3. The molecule has 92 valence electrons. The summed E-state index contributed by atoms with van der Waals surface area (Å²) < 4.78 is 14.8. The summed E-state index contributed by atoms with van der Waals surface area (Å²) in [5.74, 6) is -2.04. The monoisotopic (exact) mass is 247 g/mol. The van der Waals surface area contributed by atoms with E-state index in [0.29, 0.717) is 0 Å². The number of benzene rings is 1. The number of hydrogen-bond donors (Lipinski definition) is 1. The number of aromatic nitrogens is 1. The standard InChI is InChI=1S/C13H10FNO3/c1-8(16)9-6-12(13(17)18)15(7-9)11-5-3-2-4-10(11)14/h2-7H,1H3,(H,17,18). The first-order chi connectivity index (χ1) is 8.50. The van der Waals surface area contributed by atoms with Crippen LogP contribution in [0.25, 0.3) is 5.69 Å². The summed E-state index contributed by atoms with van der Waals surface area (Å²) in [6.45, 7) is 1.33. The van der Waals surface area contributed by atoms with Gasteiger partial charge in [-0.15, -0.1) is 0 Å². The van der Waals surface area contributed by atoms with Crippen LogP contribution in [-0.4, -0.2) is 21.4 Å². The van der Waals surface area contributed by atoms with Crippen molar-refractivity contribution in [1.29, 1.82) is 0 Å². The average Bonchev–Trinajstić information content (AvgIpc) is 2.74. The SMILES string of the molecule is CC(=O)c1cc(C(=O)O)n(-c2ccccc2F)c1. The van der Waals surface area contributed by atoms with Gasteiger partial charge < -0.3 is 9.67 Å². The maximum atomic E-state index is 13.6. The molecule has 1 heterocycles. The van der Waals surface area contributed by atoms with Crippen LogP contribution in [-0.2, 0) is 0 Å². The summed E-state index contributed by atoms with van der Waals surface area (Å²) in [5, 5.41) is 9.06. The van der Waals surface area contributed by atoms with Crippen LogP contribution in [0.5, 0.6) is 0 Å². The van der Waals surface area contributed by atoms with E-state index >= 15 is 0 Å². The molecule has 5 heteroatoms. The van der Waals surface area contributed by atoms with E-state index in [0.717, 1.165) is 4.57 Å². The third kappa shape index (κ3) is 2.02. The second kappa shape index (κ2) is 4.44. The van der Waals surface area contributed by atoms with Crippen LogP contribution in [0.2, 0.25) is 0 Å². The maximum absolute atomic E-state index is 13.6. The van der Waals surface area contributed by atoms with Crippen molar-refractivity contribution in [2.24, 2.45) is 0 Å². The third-order valence-corrected chi connectivity index (χ3v) is 2.56. The fourth-order valence-corrected chi connectivity index (χ4v) is 1.67. The molecule has 0 aliphatic rings. The largest absolute Gasteiger partial charge is 0.477 e. The highest BCUT2D eigenvalue weighted by Crippen LogP contribution is 2.19. The molecular weight excluding hydrogens is 237 g/mol. The quantitative estimate of drug-likeness (QED) is 0.848. The Labute approximate surface area is 102 Å². The summed E-state index contributed by atoms with van der Waals surface area (Å²) in [5.41, 5.74) is 0.184. The first-order valence-electron chi connectivity index (χ1n) is 5.22. The molecule has 4 nitrogen and oxygen atoms in total. The third-order valence-electron chi connectivity index (χ3n) is 2.56. The number of carbonyl (C=O) groups is 2. The number of hydrogen-bond acceptors (Lipinski definition) is 2. The lowest BCUT2D eigenvalue weighted by Gasteiger charge is -2.06. The molecule has 0 fully saturated rings. The topological polar surface area (TPSA) is 59.3 Å². The summed E-state index contributed by atoms with van der Waals surface area (Å²) in [6.07, 6.45) is 1.32. The molecule has 0 atom stereocenters. The molecule has 0 saturated heterocycles. The van der Waals surface area contributed by atoms with E-state index in [9.17, 15) is 14.0 Å². The number of Topliss-reactive ketones (excluding diaryl/α,β-unsaturated/α-hetero) is 1. The van der Waals surface area contributed by atoms with Crippen LogP contribution < -0.4 is 0 Å². The summed E-state index contributed by atoms with van der Waals surface area (Å²) in [7, 11) is 0. The van der Waals surface area contributed by atoms with Gasteiger partial charge in [0.05, 0.1) is 5.69 Å². The Hall–Kier alpha value is -2.43. The van der Waals surface area contributed by atoms with Gasteiger partial charge in [0.2, 0.25) is 0 Å². The molecule has 1 aromatic carbocycles. The number of aromatic carboxylic acids is 1. The van der Waals surface area contributed by atoms with E-state index in [1.165, 1.54) is 37.4 Å². The zero-order valence-corrected chi connectivity index (χ0v) is 9.55. The highest BCUT2D eigenvalue weighted by molar-refractivity contribution is 5.97. The Morgan fingerprint density at radius 3 is 2.50 bits per heavy atom. The van der Waals surface area contributed by atoms with Crippen molar-refractivity contribution >= 4 is 11.8 Å². The molecule has 0 saturated carbocycles. The summed E-state index contributed by atoms with van der Waals surface area (Å²) in [6, 6.07) is 7.02. The van der Waals surface area contributed by atoms with Crippen molar-refractivity contribution in [1.82, 2.24) is 4.57 Å². The Balaban J connectivity index is 2.67. The number of para-hydroxylation sites is 1. The highest BCUT2D eigenvalue weighted by Gasteiger charge is 2.17. The van der Waals surface area contributed by atoms with E-state index in [2.05, 4.69) is 0 Å². The molecule has 18 heavy (non-hydrogen) atoms. The van der Waals surface area contributed by atoms with Crippen LogP contribution in [0.15, 0.2) is 36.5 Å². The van der Waals surface area contributed by atoms with E-state index in [-0.39, 0.29) is 22.7 Å². The Morgan fingerprint density at radius 1 is 1.28 bits per heavy atom. The van der Waals surface area contributed by atoms with E-state index in [1.807, 2.05) is 0 Å².